The van der Waals surface area contributed by atoms with Crippen LogP contribution in [-0.4, -0.2) is 31.8 Å². The second kappa shape index (κ2) is 7.63. The Bertz CT molecular complexity index is 418. The number of nitrogens with one attached hydrogen (secondary N) is 1. The van der Waals surface area contributed by atoms with Crippen LogP contribution >= 0.6 is 0 Å². The van der Waals surface area contributed by atoms with Crippen LogP contribution in [0.5, 0.6) is 11.5 Å². The molecule has 0 radical (unpaired) electrons. The van der Waals surface area contributed by atoms with Gasteiger partial charge in [-0.1, -0.05) is 0 Å². The van der Waals surface area contributed by atoms with Gasteiger partial charge in [-0.05, 0) is 25.5 Å². The smallest absolute Gasteiger partial charge is 0.219 e. The molecule has 5 nitrogen and oxygen atoms in total. The average Bonchev–Trinajstić information content (AvgIpc) is 2.42. The molecular formula is C14H21NO4. The highest BCUT2D eigenvalue weighted by Crippen LogP contribution is 2.29. The number of rotatable bonds is 7. The van der Waals surface area contributed by atoms with Gasteiger partial charge in [-0.15, -0.1) is 0 Å². The van der Waals surface area contributed by atoms with E-state index in [1.165, 1.54) is 0 Å². The van der Waals surface area contributed by atoms with E-state index in [0.717, 1.165) is 0 Å². The number of hydrogen-bond acceptors (Lipinski definition) is 4. The van der Waals surface area contributed by atoms with Crippen LogP contribution in [0, 0.1) is 0 Å². The fourth-order valence-corrected chi connectivity index (χ4v) is 1.65. The Hall–Kier alpha value is -1.75. The highest BCUT2D eigenvalue weighted by molar-refractivity contribution is 5.75. The van der Waals surface area contributed by atoms with Crippen molar-refractivity contribution >= 4 is 5.91 Å². The summed E-state index contributed by atoms with van der Waals surface area (Å²) in [6.45, 7) is 2.10. The first-order chi connectivity index (χ1) is 9.08. The van der Waals surface area contributed by atoms with Crippen LogP contribution < -0.4 is 14.8 Å². The maximum absolute atomic E-state index is 11.1. The lowest BCUT2D eigenvalue weighted by atomic mass is 10.1. The second-order valence-corrected chi connectivity index (χ2v) is 4.20. The van der Waals surface area contributed by atoms with Crippen LogP contribution in [0.25, 0.3) is 0 Å². The molecule has 0 aliphatic carbocycles. The predicted octanol–water partition coefficient (Wildman–Crippen LogP) is 1.65. The van der Waals surface area contributed by atoms with Gasteiger partial charge >= 0.3 is 0 Å². The van der Waals surface area contributed by atoms with Crippen molar-refractivity contribution in [2.24, 2.45) is 0 Å². The van der Waals surface area contributed by atoms with Crippen molar-refractivity contribution in [2.45, 2.75) is 25.9 Å². The highest BCUT2D eigenvalue weighted by atomic mass is 16.5. The lowest BCUT2D eigenvalue weighted by molar-refractivity contribution is -0.120. The van der Waals surface area contributed by atoms with Crippen LogP contribution in [0.1, 0.15) is 31.4 Å². The van der Waals surface area contributed by atoms with Gasteiger partial charge in [0, 0.05) is 25.1 Å². The fourth-order valence-electron chi connectivity index (χ4n) is 1.65. The summed E-state index contributed by atoms with van der Waals surface area (Å²) in [5.41, 5.74) is 0.709. The van der Waals surface area contributed by atoms with E-state index in [2.05, 4.69) is 5.32 Å². The van der Waals surface area contributed by atoms with Gasteiger partial charge in [-0.25, -0.2) is 0 Å². The van der Waals surface area contributed by atoms with Crippen molar-refractivity contribution in [3.63, 3.8) is 0 Å². The summed E-state index contributed by atoms with van der Waals surface area (Å²) >= 11 is 0. The summed E-state index contributed by atoms with van der Waals surface area (Å²) in [6.07, 6.45) is 0.431. The van der Waals surface area contributed by atoms with E-state index in [-0.39, 0.29) is 5.91 Å². The van der Waals surface area contributed by atoms with Crippen LogP contribution in [0.3, 0.4) is 0 Å². The standard InChI is InChI=1S/C14H21NO4/c1-10(16)12-7-6-11(18-3)9-13(12)19-8-4-5-14(17)15-2/h6-7,9-10,16H,4-5,8H2,1-3H3,(H,15,17). The Morgan fingerprint density at radius 2 is 2.21 bits per heavy atom. The van der Waals surface area contributed by atoms with E-state index in [9.17, 15) is 9.90 Å². The van der Waals surface area contributed by atoms with Crippen LogP contribution in [0.2, 0.25) is 0 Å². The summed E-state index contributed by atoms with van der Waals surface area (Å²) in [6, 6.07) is 5.29. The Kier molecular flexibility index (Phi) is 6.15. The zero-order valence-corrected chi connectivity index (χ0v) is 11.6. The highest BCUT2D eigenvalue weighted by Gasteiger charge is 2.10. The van der Waals surface area contributed by atoms with Crippen molar-refractivity contribution in [3.8, 4) is 11.5 Å². The number of hydrogen-bond donors (Lipinski definition) is 2. The SMILES string of the molecule is CNC(=O)CCCOc1cc(OC)ccc1C(C)O. The molecule has 0 saturated carbocycles. The van der Waals surface area contributed by atoms with Crippen molar-refractivity contribution in [3.05, 3.63) is 23.8 Å². The predicted molar refractivity (Wildman–Crippen MR) is 72.4 cm³/mol. The molecular weight excluding hydrogens is 246 g/mol. The average molecular weight is 267 g/mol. The van der Waals surface area contributed by atoms with E-state index < -0.39 is 6.10 Å². The Labute approximate surface area is 113 Å². The van der Waals surface area contributed by atoms with E-state index in [4.69, 9.17) is 9.47 Å². The maximum Gasteiger partial charge on any atom is 0.219 e. The number of carbonyl (C=O) groups is 1. The fraction of sp³-hybridized carbons (Fsp3) is 0.500. The summed E-state index contributed by atoms with van der Waals surface area (Å²) in [5.74, 6) is 1.25. The first-order valence-electron chi connectivity index (χ1n) is 6.28. The third-order valence-electron chi connectivity index (χ3n) is 2.76. The van der Waals surface area contributed by atoms with E-state index in [1.807, 2.05) is 0 Å². The van der Waals surface area contributed by atoms with Crippen LogP contribution in [0.15, 0.2) is 18.2 Å². The number of aliphatic hydroxyl groups is 1. The molecule has 1 aromatic carbocycles. The Morgan fingerprint density at radius 3 is 2.79 bits per heavy atom. The molecule has 0 bridgehead atoms. The summed E-state index contributed by atoms with van der Waals surface area (Å²) in [4.78, 5) is 11.1. The minimum atomic E-state index is -0.611. The van der Waals surface area contributed by atoms with Crippen LogP contribution in [-0.2, 0) is 4.79 Å². The molecule has 0 aliphatic rings. The topological polar surface area (TPSA) is 67.8 Å². The normalized spacial score (nSPS) is 11.8. The molecule has 0 aromatic heterocycles. The molecule has 1 atom stereocenters. The van der Waals surface area contributed by atoms with Crippen molar-refractivity contribution in [1.82, 2.24) is 5.32 Å². The van der Waals surface area contributed by atoms with Gasteiger partial charge in [0.25, 0.3) is 0 Å². The molecule has 5 heteroatoms. The number of amides is 1. The van der Waals surface area contributed by atoms with Gasteiger partial charge in [-0.3, -0.25) is 4.79 Å². The number of methoxy groups -OCH3 is 1. The van der Waals surface area contributed by atoms with Gasteiger partial charge in [0.05, 0.1) is 19.8 Å². The molecule has 19 heavy (non-hydrogen) atoms. The number of carbonyl (C=O) groups excluding carboxylic acids is 1. The van der Waals surface area contributed by atoms with Gasteiger partial charge in [0.15, 0.2) is 0 Å². The minimum absolute atomic E-state index is 0.00927. The summed E-state index contributed by atoms with van der Waals surface area (Å²) in [7, 11) is 3.18. The third kappa shape index (κ3) is 4.79. The van der Waals surface area contributed by atoms with E-state index in [0.29, 0.717) is 36.5 Å². The maximum atomic E-state index is 11.1. The molecule has 106 valence electrons. The van der Waals surface area contributed by atoms with Gasteiger partial charge in [0.1, 0.15) is 11.5 Å². The first-order valence-corrected chi connectivity index (χ1v) is 6.28. The largest absolute Gasteiger partial charge is 0.497 e. The zero-order valence-electron chi connectivity index (χ0n) is 11.6. The number of benzene rings is 1. The number of ether oxygens (including phenoxy) is 2. The molecule has 0 aliphatic heterocycles. The molecule has 0 saturated heterocycles. The van der Waals surface area contributed by atoms with Crippen molar-refractivity contribution < 1.29 is 19.4 Å². The zero-order chi connectivity index (χ0) is 14.3. The second-order valence-electron chi connectivity index (χ2n) is 4.20. The van der Waals surface area contributed by atoms with Gasteiger partial charge in [-0.2, -0.15) is 0 Å². The minimum Gasteiger partial charge on any atom is -0.497 e. The van der Waals surface area contributed by atoms with Crippen LogP contribution in [0.4, 0.5) is 0 Å². The number of aliphatic hydroxyl groups excluding tert-OH is 1. The Balaban J connectivity index is 2.62. The molecule has 0 fully saturated rings. The quantitative estimate of drug-likeness (QED) is 0.737. The molecule has 0 heterocycles. The van der Waals surface area contributed by atoms with Crippen molar-refractivity contribution in [2.75, 3.05) is 20.8 Å². The third-order valence-corrected chi connectivity index (χ3v) is 2.76. The molecule has 1 aromatic rings. The lowest BCUT2D eigenvalue weighted by Gasteiger charge is -2.14. The summed E-state index contributed by atoms with van der Waals surface area (Å²) in [5, 5.41) is 12.2. The molecule has 2 N–H and O–H groups in total. The monoisotopic (exact) mass is 267 g/mol. The van der Waals surface area contributed by atoms with Gasteiger partial charge < -0.3 is 19.9 Å². The Morgan fingerprint density at radius 1 is 1.47 bits per heavy atom. The van der Waals surface area contributed by atoms with Gasteiger partial charge in [0.2, 0.25) is 5.91 Å². The van der Waals surface area contributed by atoms with E-state index >= 15 is 0 Å². The lowest BCUT2D eigenvalue weighted by Crippen LogP contribution is -2.18. The van der Waals surface area contributed by atoms with Crippen molar-refractivity contribution in [1.29, 1.82) is 0 Å². The molecule has 1 unspecified atom stereocenters. The molecule has 1 rings (SSSR count). The summed E-state index contributed by atoms with van der Waals surface area (Å²) < 4.78 is 10.7. The first kappa shape index (κ1) is 15.3. The molecule has 0 spiro atoms. The van der Waals surface area contributed by atoms with E-state index in [1.54, 1.807) is 39.3 Å². The molecule has 1 amide bonds.